The lowest BCUT2D eigenvalue weighted by molar-refractivity contribution is -0.164. The maximum atomic E-state index is 14.1. The Morgan fingerprint density at radius 1 is 1.17 bits per heavy atom. The predicted octanol–water partition coefficient (Wildman–Crippen LogP) is 6.26. The van der Waals surface area contributed by atoms with E-state index in [1.165, 1.54) is 19.2 Å². The first-order chi connectivity index (χ1) is 22.3. The zero-order chi connectivity index (χ0) is 34.4. The minimum atomic E-state index is -1.03. The van der Waals surface area contributed by atoms with Crippen molar-refractivity contribution in [2.75, 3.05) is 38.3 Å². The van der Waals surface area contributed by atoms with E-state index in [4.69, 9.17) is 18.9 Å². The normalized spacial score (nSPS) is 15.3. The van der Waals surface area contributed by atoms with E-state index in [0.29, 0.717) is 61.1 Å². The van der Waals surface area contributed by atoms with Gasteiger partial charge >= 0.3 is 5.97 Å². The number of carbonyl (C=O) groups excluding carboxylic acids is 2. The molecule has 0 aliphatic carbocycles. The Balaban J connectivity index is 1.73. The number of anilines is 1. The molecule has 0 bridgehead atoms. The molecule has 0 radical (unpaired) electrons. The Labute approximate surface area is 276 Å². The van der Waals surface area contributed by atoms with Crippen LogP contribution in [0.3, 0.4) is 0 Å². The number of pyridine rings is 1. The summed E-state index contributed by atoms with van der Waals surface area (Å²) in [5, 5.41) is 2.86. The number of esters is 1. The molecule has 1 aliphatic rings. The van der Waals surface area contributed by atoms with Crippen molar-refractivity contribution in [2.24, 2.45) is 0 Å². The van der Waals surface area contributed by atoms with Gasteiger partial charge in [-0.05, 0) is 83.7 Å². The maximum Gasteiger partial charge on any atom is 0.339 e. The van der Waals surface area contributed by atoms with Crippen molar-refractivity contribution in [2.45, 2.75) is 77.7 Å². The highest BCUT2D eigenvalue weighted by molar-refractivity contribution is 5.93. The molecular weight excluding hydrogens is 603 g/mol. The number of imidazole rings is 1. The molecule has 47 heavy (non-hydrogen) atoms. The summed E-state index contributed by atoms with van der Waals surface area (Å²) in [6.45, 7) is 19.2. The van der Waals surface area contributed by atoms with Gasteiger partial charge in [-0.3, -0.25) is 9.20 Å². The molecule has 1 aromatic carbocycles. The summed E-state index contributed by atoms with van der Waals surface area (Å²) in [5.74, 6) is -0.234. The van der Waals surface area contributed by atoms with Crippen molar-refractivity contribution >= 4 is 23.3 Å². The second kappa shape index (κ2) is 15.1. The number of aryl methyl sites for hydroxylation is 1. The van der Waals surface area contributed by atoms with E-state index in [9.17, 15) is 14.0 Å². The monoisotopic (exact) mass is 650 g/mol. The number of fused-ring (bicyclic) bond motifs is 1. The van der Waals surface area contributed by atoms with Crippen LogP contribution in [0.15, 0.2) is 55.8 Å². The lowest BCUT2D eigenvalue weighted by Gasteiger charge is -2.41. The van der Waals surface area contributed by atoms with E-state index in [2.05, 4.69) is 35.3 Å². The smallest absolute Gasteiger partial charge is 0.339 e. The Kier molecular flexibility index (Phi) is 11.5. The van der Waals surface area contributed by atoms with Crippen molar-refractivity contribution in [3.8, 4) is 5.75 Å². The molecule has 1 atom stereocenters. The highest BCUT2D eigenvalue weighted by Gasteiger charge is 2.37. The Bertz CT molecular complexity index is 1600. The molecule has 4 rings (SSSR count). The van der Waals surface area contributed by atoms with E-state index in [0.717, 1.165) is 18.4 Å². The fraction of sp³-hybridized carbons (Fsp3) is 0.472. The fourth-order valence-corrected chi connectivity index (χ4v) is 5.63. The molecule has 3 aromatic rings. The van der Waals surface area contributed by atoms with Crippen LogP contribution in [0, 0.1) is 12.7 Å². The highest BCUT2D eigenvalue weighted by atomic mass is 19.1. The molecule has 1 saturated heterocycles. The van der Waals surface area contributed by atoms with Gasteiger partial charge in [0.25, 0.3) is 5.91 Å². The molecule has 3 heterocycles. The van der Waals surface area contributed by atoms with Crippen LogP contribution in [0.2, 0.25) is 0 Å². The van der Waals surface area contributed by atoms with Crippen LogP contribution in [0.25, 0.3) is 5.65 Å². The summed E-state index contributed by atoms with van der Waals surface area (Å²) >= 11 is 0. The highest BCUT2D eigenvalue weighted by Crippen LogP contribution is 2.39. The number of rotatable bonds is 14. The van der Waals surface area contributed by atoms with E-state index in [1.807, 2.05) is 38.2 Å². The van der Waals surface area contributed by atoms with Gasteiger partial charge in [0.15, 0.2) is 6.10 Å². The average Bonchev–Trinajstić information content (AvgIpc) is 3.45. The molecule has 1 amide bonds. The number of halogens is 1. The third-order valence-electron chi connectivity index (χ3n) is 8.07. The number of methoxy groups -OCH3 is 1. The number of nitrogens with zero attached hydrogens (tertiary/aromatic N) is 3. The van der Waals surface area contributed by atoms with Crippen molar-refractivity contribution in [3.63, 3.8) is 0 Å². The van der Waals surface area contributed by atoms with Crippen LogP contribution >= 0.6 is 0 Å². The molecule has 1 aliphatic heterocycles. The zero-order valence-corrected chi connectivity index (χ0v) is 28.4. The fourth-order valence-electron chi connectivity index (χ4n) is 5.63. The predicted molar refractivity (Wildman–Crippen MR) is 179 cm³/mol. The number of nitrogens with one attached hydrogen (secondary N) is 1. The summed E-state index contributed by atoms with van der Waals surface area (Å²) < 4.78 is 39.4. The molecule has 1 unspecified atom stereocenters. The Hall–Kier alpha value is -4.22. The molecule has 254 valence electrons. The quantitative estimate of drug-likeness (QED) is 0.124. The lowest BCUT2D eigenvalue weighted by atomic mass is 9.92. The van der Waals surface area contributed by atoms with Gasteiger partial charge in [0.05, 0.1) is 31.5 Å². The third-order valence-corrected chi connectivity index (χ3v) is 8.07. The van der Waals surface area contributed by atoms with Crippen molar-refractivity contribution < 1.29 is 32.9 Å². The maximum absolute atomic E-state index is 14.1. The van der Waals surface area contributed by atoms with Crippen LogP contribution in [-0.4, -0.2) is 65.9 Å². The van der Waals surface area contributed by atoms with Crippen LogP contribution in [-0.2, 0) is 25.5 Å². The largest absolute Gasteiger partial charge is 0.493 e. The number of amides is 1. The summed E-state index contributed by atoms with van der Waals surface area (Å²) in [5.41, 5.74) is 1.60. The summed E-state index contributed by atoms with van der Waals surface area (Å²) in [6.07, 6.45) is 6.19. The standard InChI is InChI=1S/C36H47FN4O6/c1-9-11-19-45-28-13-12-26(37)21-25(28)22-38-32(42)27-23-41-29(39-27)20-24(3)30(31(34(43)44-8)47-35(4,5)6)33(41)40-16-14-36(7,15-17-40)46-18-10-2/h9-10,12-13,20-21,23,31H,1-2,11,14-19,22H2,3-8H3,(H,38,42). The van der Waals surface area contributed by atoms with Crippen LogP contribution in [0.5, 0.6) is 5.75 Å². The molecule has 1 fully saturated rings. The second-order valence-corrected chi connectivity index (χ2v) is 12.9. The molecule has 0 spiro atoms. The van der Waals surface area contributed by atoms with Crippen LogP contribution in [0.4, 0.5) is 10.2 Å². The first-order valence-corrected chi connectivity index (χ1v) is 15.9. The van der Waals surface area contributed by atoms with Gasteiger partial charge in [-0.1, -0.05) is 12.2 Å². The second-order valence-electron chi connectivity index (χ2n) is 12.9. The number of hydrogen-bond acceptors (Lipinski definition) is 8. The molecule has 10 nitrogen and oxygen atoms in total. The van der Waals surface area contributed by atoms with Gasteiger partial charge in [0, 0.05) is 37.0 Å². The summed E-state index contributed by atoms with van der Waals surface area (Å²) in [7, 11) is 1.34. The first-order valence-electron chi connectivity index (χ1n) is 15.9. The topological polar surface area (TPSA) is 104 Å². The Morgan fingerprint density at radius 2 is 1.89 bits per heavy atom. The summed E-state index contributed by atoms with van der Waals surface area (Å²) in [6, 6.07) is 6.03. The number of carbonyl (C=O) groups is 2. The Morgan fingerprint density at radius 3 is 2.53 bits per heavy atom. The van der Waals surface area contributed by atoms with Crippen molar-refractivity contribution in [1.29, 1.82) is 0 Å². The molecule has 11 heteroatoms. The van der Waals surface area contributed by atoms with Gasteiger partial charge in [0.2, 0.25) is 0 Å². The van der Waals surface area contributed by atoms with Crippen molar-refractivity contribution in [1.82, 2.24) is 14.7 Å². The first kappa shape index (κ1) is 35.6. The average molecular weight is 651 g/mol. The number of benzene rings is 1. The van der Waals surface area contributed by atoms with E-state index in [1.54, 1.807) is 24.4 Å². The lowest BCUT2D eigenvalue weighted by Crippen LogP contribution is -2.45. The SMILES string of the molecule is C=CCCOc1ccc(F)cc1CNC(=O)c1cn2c(N3CCC(C)(OCC=C)CC3)c(C(OC(C)(C)C)C(=O)OC)c(C)cc2n1. The van der Waals surface area contributed by atoms with E-state index >= 15 is 0 Å². The van der Waals surface area contributed by atoms with Crippen LogP contribution in [0.1, 0.15) is 80.2 Å². The van der Waals surface area contributed by atoms with Crippen molar-refractivity contribution in [3.05, 3.63) is 84.0 Å². The van der Waals surface area contributed by atoms with E-state index < -0.39 is 29.4 Å². The molecule has 1 N–H and O–H groups in total. The van der Waals surface area contributed by atoms with Crippen LogP contribution < -0.4 is 15.0 Å². The van der Waals surface area contributed by atoms with Gasteiger partial charge in [-0.25, -0.2) is 14.2 Å². The molecule has 2 aromatic heterocycles. The molecular formula is C36H47FN4O6. The van der Waals surface area contributed by atoms with Gasteiger partial charge in [-0.2, -0.15) is 0 Å². The number of aromatic nitrogens is 2. The van der Waals surface area contributed by atoms with Gasteiger partial charge in [0.1, 0.15) is 28.7 Å². The molecule has 0 saturated carbocycles. The minimum absolute atomic E-state index is 0.0320. The van der Waals surface area contributed by atoms with Gasteiger partial charge < -0.3 is 29.2 Å². The number of piperidine rings is 1. The summed E-state index contributed by atoms with van der Waals surface area (Å²) in [4.78, 5) is 33.6. The third kappa shape index (κ3) is 8.78. The number of ether oxygens (including phenoxy) is 4. The van der Waals surface area contributed by atoms with Gasteiger partial charge in [-0.15, -0.1) is 13.2 Å². The van der Waals surface area contributed by atoms with E-state index in [-0.39, 0.29) is 17.8 Å². The zero-order valence-electron chi connectivity index (χ0n) is 28.4. The number of hydrogen-bond donors (Lipinski definition) is 1. The minimum Gasteiger partial charge on any atom is -0.493 e.